The Kier molecular flexibility index (Phi) is 3.83. The number of nitrogens with one attached hydrogen (secondary N) is 1. The summed E-state index contributed by atoms with van der Waals surface area (Å²) in [4.78, 5) is 4.16. The van der Waals surface area contributed by atoms with E-state index in [0.29, 0.717) is 17.4 Å². The molecule has 0 fully saturated rings. The van der Waals surface area contributed by atoms with E-state index in [0.717, 1.165) is 11.3 Å². The average Bonchev–Trinajstić information content (AvgIpc) is 2.38. The molecule has 1 aromatic heterocycles. The minimum atomic E-state index is 0.621. The third kappa shape index (κ3) is 3.11. The summed E-state index contributed by atoms with van der Waals surface area (Å²) in [7, 11) is 1.65. The van der Waals surface area contributed by atoms with Gasteiger partial charge in [-0.25, -0.2) is 4.98 Å². The summed E-state index contributed by atoms with van der Waals surface area (Å²) in [5, 5.41) is 3.80. The third-order valence-corrected chi connectivity index (χ3v) is 2.66. The molecule has 0 saturated carbocycles. The highest BCUT2D eigenvalue weighted by atomic mass is 35.5. The van der Waals surface area contributed by atoms with Crippen LogP contribution >= 0.6 is 11.6 Å². The van der Waals surface area contributed by atoms with Gasteiger partial charge in [0.2, 0.25) is 0 Å². The standard InChI is InChI=1S/C13H13ClN2O/c1-17-11-5-2-4-10(8-11)9-16-13-12(14)6-3-7-15-13/h2-8H,9H2,1H3,(H,15,16). The lowest BCUT2D eigenvalue weighted by atomic mass is 10.2. The quantitative estimate of drug-likeness (QED) is 0.901. The van der Waals surface area contributed by atoms with Crippen LogP contribution in [0.4, 0.5) is 5.82 Å². The van der Waals surface area contributed by atoms with Gasteiger partial charge in [-0.05, 0) is 29.8 Å². The Morgan fingerprint density at radius 1 is 1.29 bits per heavy atom. The van der Waals surface area contributed by atoms with E-state index in [1.54, 1.807) is 19.4 Å². The summed E-state index contributed by atoms with van der Waals surface area (Å²) in [6.07, 6.45) is 1.71. The number of anilines is 1. The van der Waals surface area contributed by atoms with Crippen LogP contribution in [0.15, 0.2) is 42.6 Å². The summed E-state index contributed by atoms with van der Waals surface area (Å²) in [5.41, 5.74) is 1.12. The number of hydrogen-bond acceptors (Lipinski definition) is 3. The molecule has 17 heavy (non-hydrogen) atoms. The Labute approximate surface area is 105 Å². The van der Waals surface area contributed by atoms with E-state index in [1.807, 2.05) is 30.3 Å². The zero-order chi connectivity index (χ0) is 12.1. The van der Waals surface area contributed by atoms with Crippen LogP contribution in [0.3, 0.4) is 0 Å². The number of halogens is 1. The second-order valence-corrected chi connectivity index (χ2v) is 3.95. The van der Waals surface area contributed by atoms with Crippen LogP contribution in [0.2, 0.25) is 5.02 Å². The van der Waals surface area contributed by atoms with Crippen molar-refractivity contribution in [3.63, 3.8) is 0 Å². The van der Waals surface area contributed by atoms with Crippen molar-refractivity contribution in [2.24, 2.45) is 0 Å². The van der Waals surface area contributed by atoms with Crippen molar-refractivity contribution in [1.29, 1.82) is 0 Å². The van der Waals surface area contributed by atoms with Gasteiger partial charge < -0.3 is 10.1 Å². The normalized spacial score (nSPS) is 10.0. The molecule has 0 bridgehead atoms. The Morgan fingerprint density at radius 2 is 2.18 bits per heavy atom. The molecule has 1 heterocycles. The number of ether oxygens (including phenoxy) is 1. The number of aromatic nitrogens is 1. The van der Waals surface area contributed by atoms with Gasteiger partial charge in [-0.15, -0.1) is 0 Å². The molecule has 1 N–H and O–H groups in total. The molecule has 2 rings (SSSR count). The SMILES string of the molecule is COc1cccc(CNc2ncccc2Cl)c1. The van der Waals surface area contributed by atoms with Crippen molar-refractivity contribution < 1.29 is 4.74 Å². The van der Waals surface area contributed by atoms with Gasteiger partial charge in [0.05, 0.1) is 12.1 Å². The van der Waals surface area contributed by atoms with E-state index < -0.39 is 0 Å². The minimum Gasteiger partial charge on any atom is -0.497 e. The van der Waals surface area contributed by atoms with Gasteiger partial charge in [0, 0.05) is 12.7 Å². The van der Waals surface area contributed by atoms with Crippen molar-refractivity contribution >= 4 is 17.4 Å². The number of nitrogens with zero attached hydrogens (tertiary/aromatic N) is 1. The van der Waals surface area contributed by atoms with Crippen molar-refractivity contribution in [2.45, 2.75) is 6.54 Å². The molecular formula is C13H13ClN2O. The van der Waals surface area contributed by atoms with Crippen LogP contribution in [-0.2, 0) is 6.54 Å². The lowest BCUT2D eigenvalue weighted by molar-refractivity contribution is 0.414. The second kappa shape index (κ2) is 5.55. The molecule has 0 atom stereocenters. The van der Waals surface area contributed by atoms with E-state index in [4.69, 9.17) is 16.3 Å². The van der Waals surface area contributed by atoms with Gasteiger partial charge in [-0.1, -0.05) is 23.7 Å². The molecule has 2 aromatic rings. The van der Waals surface area contributed by atoms with Gasteiger partial charge in [0.1, 0.15) is 11.6 Å². The molecule has 0 aliphatic heterocycles. The molecular weight excluding hydrogens is 236 g/mol. The highest BCUT2D eigenvalue weighted by Crippen LogP contribution is 2.19. The zero-order valence-electron chi connectivity index (χ0n) is 9.48. The van der Waals surface area contributed by atoms with Gasteiger partial charge >= 0.3 is 0 Å². The predicted molar refractivity (Wildman–Crippen MR) is 69.6 cm³/mol. The summed E-state index contributed by atoms with van der Waals surface area (Å²) >= 11 is 6.00. The molecule has 0 aliphatic carbocycles. The maximum absolute atomic E-state index is 6.00. The van der Waals surface area contributed by atoms with E-state index in [-0.39, 0.29) is 0 Å². The molecule has 0 radical (unpaired) electrons. The number of hydrogen-bond donors (Lipinski definition) is 1. The van der Waals surface area contributed by atoms with Crippen molar-refractivity contribution in [1.82, 2.24) is 4.98 Å². The number of rotatable bonds is 4. The summed E-state index contributed by atoms with van der Waals surface area (Å²) in [5.74, 6) is 1.54. The smallest absolute Gasteiger partial charge is 0.145 e. The molecule has 3 nitrogen and oxygen atoms in total. The van der Waals surface area contributed by atoms with Gasteiger partial charge in [-0.2, -0.15) is 0 Å². The summed E-state index contributed by atoms with van der Waals surface area (Å²) < 4.78 is 5.16. The van der Waals surface area contributed by atoms with Crippen LogP contribution < -0.4 is 10.1 Å². The first-order chi connectivity index (χ1) is 8.29. The molecule has 1 aromatic carbocycles. The van der Waals surface area contributed by atoms with Crippen molar-refractivity contribution in [3.8, 4) is 5.75 Å². The molecule has 4 heteroatoms. The van der Waals surface area contributed by atoms with Crippen molar-refractivity contribution in [3.05, 3.63) is 53.2 Å². The molecule has 0 aliphatic rings. The van der Waals surface area contributed by atoms with E-state index >= 15 is 0 Å². The van der Waals surface area contributed by atoms with E-state index in [9.17, 15) is 0 Å². The second-order valence-electron chi connectivity index (χ2n) is 3.54. The summed E-state index contributed by atoms with van der Waals surface area (Å²) in [6.45, 7) is 0.661. The Bertz CT molecular complexity index is 502. The van der Waals surface area contributed by atoms with Crippen LogP contribution in [-0.4, -0.2) is 12.1 Å². The van der Waals surface area contributed by atoms with Crippen LogP contribution in [0.5, 0.6) is 5.75 Å². The fraction of sp³-hybridized carbons (Fsp3) is 0.154. The first-order valence-electron chi connectivity index (χ1n) is 5.27. The van der Waals surface area contributed by atoms with Crippen molar-refractivity contribution in [2.75, 3.05) is 12.4 Å². The maximum atomic E-state index is 6.00. The van der Waals surface area contributed by atoms with Gasteiger partial charge in [-0.3, -0.25) is 0 Å². The van der Waals surface area contributed by atoms with E-state index in [2.05, 4.69) is 10.3 Å². The zero-order valence-corrected chi connectivity index (χ0v) is 10.2. The largest absolute Gasteiger partial charge is 0.497 e. The highest BCUT2D eigenvalue weighted by molar-refractivity contribution is 6.32. The Morgan fingerprint density at radius 3 is 2.94 bits per heavy atom. The first kappa shape index (κ1) is 11.7. The first-order valence-corrected chi connectivity index (χ1v) is 5.64. The molecule has 0 unspecified atom stereocenters. The highest BCUT2D eigenvalue weighted by Gasteiger charge is 2.00. The van der Waals surface area contributed by atoms with Crippen LogP contribution in [0, 0.1) is 0 Å². The lowest BCUT2D eigenvalue weighted by Gasteiger charge is -2.08. The Hall–Kier alpha value is -1.74. The lowest BCUT2D eigenvalue weighted by Crippen LogP contribution is -2.01. The molecule has 0 spiro atoms. The third-order valence-electron chi connectivity index (χ3n) is 2.35. The average molecular weight is 249 g/mol. The van der Waals surface area contributed by atoms with E-state index in [1.165, 1.54) is 0 Å². The van der Waals surface area contributed by atoms with Crippen LogP contribution in [0.1, 0.15) is 5.56 Å². The molecule has 88 valence electrons. The van der Waals surface area contributed by atoms with Gasteiger partial charge in [0.25, 0.3) is 0 Å². The maximum Gasteiger partial charge on any atom is 0.145 e. The predicted octanol–water partition coefficient (Wildman–Crippen LogP) is 3.36. The fourth-order valence-electron chi connectivity index (χ4n) is 1.48. The summed E-state index contributed by atoms with van der Waals surface area (Å²) in [6, 6.07) is 11.5. The fourth-order valence-corrected chi connectivity index (χ4v) is 1.67. The van der Waals surface area contributed by atoms with Crippen LogP contribution in [0.25, 0.3) is 0 Å². The number of benzene rings is 1. The molecule has 0 amide bonds. The van der Waals surface area contributed by atoms with Gasteiger partial charge in [0.15, 0.2) is 0 Å². The Balaban J connectivity index is 2.05. The monoisotopic (exact) mass is 248 g/mol. The minimum absolute atomic E-state index is 0.621. The number of methoxy groups -OCH3 is 1. The molecule has 0 saturated heterocycles. The number of pyridine rings is 1. The topological polar surface area (TPSA) is 34.1 Å².